The maximum atomic E-state index is 13.0. The highest BCUT2D eigenvalue weighted by Gasteiger charge is 2.34. The highest BCUT2D eigenvalue weighted by atomic mass is 19.4. The van der Waals surface area contributed by atoms with E-state index in [1.165, 1.54) is 12.1 Å². The fraction of sp³-hybridized carbons (Fsp3) is 0.400. The molecule has 5 nitrogen and oxygen atoms in total. The monoisotopic (exact) mass is 393 g/mol. The van der Waals surface area contributed by atoms with Crippen molar-refractivity contribution in [3.05, 3.63) is 59.4 Å². The molecule has 0 bridgehead atoms. The number of aromatic nitrogens is 1. The van der Waals surface area contributed by atoms with Crippen molar-refractivity contribution in [2.24, 2.45) is 5.92 Å². The van der Waals surface area contributed by atoms with Gasteiger partial charge >= 0.3 is 6.18 Å². The number of piperidine rings is 1. The largest absolute Gasteiger partial charge is 0.433 e. The third-order valence-corrected chi connectivity index (χ3v) is 4.93. The summed E-state index contributed by atoms with van der Waals surface area (Å²) < 4.78 is 39.0. The van der Waals surface area contributed by atoms with Gasteiger partial charge in [-0.2, -0.15) is 13.2 Å². The molecule has 0 unspecified atom stereocenters. The summed E-state index contributed by atoms with van der Waals surface area (Å²) in [4.78, 5) is 17.7. The Hall–Kier alpha value is -2.61. The van der Waals surface area contributed by atoms with Gasteiger partial charge in [0.2, 0.25) is 0 Å². The average Bonchev–Trinajstić information content (AvgIpc) is 2.72. The van der Waals surface area contributed by atoms with E-state index in [9.17, 15) is 23.1 Å². The molecule has 1 aromatic heterocycles. The van der Waals surface area contributed by atoms with E-state index >= 15 is 0 Å². The van der Waals surface area contributed by atoms with Crippen LogP contribution < -0.4 is 5.32 Å². The first-order chi connectivity index (χ1) is 13.4. The molecule has 28 heavy (non-hydrogen) atoms. The summed E-state index contributed by atoms with van der Waals surface area (Å²) in [7, 11) is 0. The van der Waals surface area contributed by atoms with Crippen molar-refractivity contribution < 1.29 is 23.1 Å². The number of hydrogen-bond donors (Lipinski definition) is 2. The molecule has 2 aromatic rings. The maximum Gasteiger partial charge on any atom is 0.433 e. The van der Waals surface area contributed by atoms with Crippen LogP contribution in [0.1, 0.15) is 34.5 Å². The summed E-state index contributed by atoms with van der Waals surface area (Å²) in [6, 6.07) is 9.53. The number of nitrogens with zero attached hydrogens (tertiary/aromatic N) is 2. The van der Waals surface area contributed by atoms with Gasteiger partial charge in [-0.3, -0.25) is 9.78 Å². The number of hydrogen-bond acceptors (Lipinski definition) is 4. The molecule has 2 heterocycles. The topological polar surface area (TPSA) is 65.5 Å². The normalized spacial score (nSPS) is 15.5. The molecule has 0 atom stereocenters. The lowest BCUT2D eigenvalue weighted by Gasteiger charge is -2.31. The Morgan fingerprint density at radius 3 is 2.46 bits per heavy atom. The first kappa shape index (κ1) is 20.1. The van der Waals surface area contributed by atoms with Crippen molar-refractivity contribution in [3.8, 4) is 0 Å². The molecule has 1 saturated heterocycles. The lowest BCUT2D eigenvalue weighted by Crippen LogP contribution is -2.39. The Kier molecular flexibility index (Phi) is 6.18. The Bertz CT molecular complexity index is 801. The molecule has 2 N–H and O–H groups in total. The zero-order valence-electron chi connectivity index (χ0n) is 15.2. The van der Waals surface area contributed by atoms with Crippen LogP contribution in [0.15, 0.2) is 42.6 Å². The fourth-order valence-electron chi connectivity index (χ4n) is 3.27. The van der Waals surface area contributed by atoms with Gasteiger partial charge in [0.05, 0.1) is 0 Å². The summed E-state index contributed by atoms with van der Waals surface area (Å²) in [6.45, 7) is 1.36. The molecule has 0 saturated carbocycles. The Labute approximate surface area is 161 Å². The standard InChI is InChI=1S/C20H22F3N3O2/c21-20(22,23)18-16(2-1-9-24-18)12-25-17-5-3-15(4-6-17)19(28)26-10-7-14(13-27)8-11-26/h1-6,9,14,25,27H,7-8,10-13H2. The molecular weight excluding hydrogens is 371 g/mol. The number of aliphatic hydroxyl groups excluding tert-OH is 1. The number of aliphatic hydroxyl groups is 1. The first-order valence-corrected chi connectivity index (χ1v) is 9.13. The minimum atomic E-state index is -4.50. The van der Waals surface area contributed by atoms with E-state index in [4.69, 9.17) is 0 Å². The summed E-state index contributed by atoms with van der Waals surface area (Å²) in [6.07, 6.45) is -1.81. The lowest BCUT2D eigenvalue weighted by atomic mass is 9.97. The number of likely N-dealkylation sites (tertiary alicyclic amines) is 1. The van der Waals surface area contributed by atoms with Crippen LogP contribution in [0.5, 0.6) is 0 Å². The van der Waals surface area contributed by atoms with E-state index in [1.54, 1.807) is 29.2 Å². The lowest BCUT2D eigenvalue weighted by molar-refractivity contribution is -0.141. The zero-order chi connectivity index (χ0) is 20.1. The van der Waals surface area contributed by atoms with Gasteiger partial charge in [0.25, 0.3) is 5.91 Å². The van der Waals surface area contributed by atoms with Crippen molar-refractivity contribution >= 4 is 11.6 Å². The van der Waals surface area contributed by atoms with Crippen molar-refractivity contribution in [2.45, 2.75) is 25.6 Å². The van der Waals surface area contributed by atoms with Crippen LogP contribution in [0.3, 0.4) is 0 Å². The molecule has 0 spiro atoms. The van der Waals surface area contributed by atoms with Crippen molar-refractivity contribution in [3.63, 3.8) is 0 Å². The van der Waals surface area contributed by atoms with Gasteiger partial charge in [-0.25, -0.2) is 0 Å². The number of halogens is 3. The third-order valence-electron chi connectivity index (χ3n) is 4.93. The number of alkyl halides is 3. The number of pyridine rings is 1. The van der Waals surface area contributed by atoms with Crippen LogP contribution in [0.2, 0.25) is 0 Å². The predicted octanol–water partition coefficient (Wildman–Crippen LogP) is 3.56. The van der Waals surface area contributed by atoms with Gasteiger partial charge < -0.3 is 15.3 Å². The van der Waals surface area contributed by atoms with E-state index in [2.05, 4.69) is 10.3 Å². The summed E-state index contributed by atoms with van der Waals surface area (Å²) in [5, 5.41) is 12.1. The minimum Gasteiger partial charge on any atom is -0.396 e. The number of carbonyl (C=O) groups excluding carboxylic acids is 1. The zero-order valence-corrected chi connectivity index (χ0v) is 15.2. The quantitative estimate of drug-likeness (QED) is 0.815. The number of benzene rings is 1. The molecule has 1 aliphatic rings. The number of carbonyl (C=O) groups is 1. The average molecular weight is 393 g/mol. The van der Waals surface area contributed by atoms with Crippen LogP contribution in [0.25, 0.3) is 0 Å². The van der Waals surface area contributed by atoms with Gasteiger partial charge in [0.1, 0.15) is 5.69 Å². The van der Waals surface area contributed by atoms with Crippen molar-refractivity contribution in [2.75, 3.05) is 25.0 Å². The van der Waals surface area contributed by atoms with Gasteiger partial charge in [-0.1, -0.05) is 6.07 Å². The van der Waals surface area contributed by atoms with Gasteiger partial charge in [-0.15, -0.1) is 0 Å². The van der Waals surface area contributed by atoms with E-state index in [1.807, 2.05) is 0 Å². The Balaban J connectivity index is 1.60. The number of nitrogens with one attached hydrogen (secondary N) is 1. The van der Waals surface area contributed by atoms with E-state index in [0.717, 1.165) is 19.0 Å². The molecule has 0 radical (unpaired) electrons. The van der Waals surface area contributed by atoms with Crippen molar-refractivity contribution in [1.29, 1.82) is 0 Å². The molecule has 1 amide bonds. The van der Waals surface area contributed by atoms with E-state index in [0.29, 0.717) is 24.3 Å². The summed E-state index contributed by atoms with van der Waals surface area (Å²) in [5.74, 6) is 0.180. The molecule has 1 aliphatic heterocycles. The fourth-order valence-corrected chi connectivity index (χ4v) is 3.27. The van der Waals surface area contributed by atoms with Crippen LogP contribution in [0.4, 0.5) is 18.9 Å². The van der Waals surface area contributed by atoms with Crippen LogP contribution in [-0.2, 0) is 12.7 Å². The first-order valence-electron chi connectivity index (χ1n) is 9.13. The van der Waals surface area contributed by atoms with Crippen LogP contribution >= 0.6 is 0 Å². The number of rotatable bonds is 5. The van der Waals surface area contributed by atoms with Crippen LogP contribution in [-0.4, -0.2) is 40.6 Å². The molecular formula is C20H22F3N3O2. The number of anilines is 1. The minimum absolute atomic E-state index is 0.0232. The number of amides is 1. The molecule has 1 aromatic carbocycles. The smallest absolute Gasteiger partial charge is 0.396 e. The second kappa shape index (κ2) is 8.60. The summed E-state index contributed by atoms with van der Waals surface area (Å²) in [5.41, 5.74) is 0.306. The van der Waals surface area contributed by atoms with Gasteiger partial charge in [-0.05, 0) is 49.1 Å². The molecule has 150 valence electrons. The SMILES string of the molecule is O=C(c1ccc(NCc2cccnc2C(F)(F)F)cc1)N1CCC(CO)CC1. The molecule has 1 fully saturated rings. The predicted molar refractivity (Wildman–Crippen MR) is 98.7 cm³/mol. The molecule has 0 aliphatic carbocycles. The van der Waals surface area contributed by atoms with E-state index in [-0.39, 0.29) is 30.5 Å². The maximum absolute atomic E-state index is 13.0. The second-order valence-corrected chi connectivity index (χ2v) is 6.86. The van der Waals surface area contributed by atoms with Gasteiger partial charge in [0, 0.05) is 49.3 Å². The Morgan fingerprint density at radius 1 is 1.18 bits per heavy atom. The third kappa shape index (κ3) is 4.81. The van der Waals surface area contributed by atoms with Crippen molar-refractivity contribution in [1.82, 2.24) is 9.88 Å². The molecule has 8 heteroatoms. The summed E-state index contributed by atoms with van der Waals surface area (Å²) >= 11 is 0. The molecule has 3 rings (SSSR count). The highest BCUT2D eigenvalue weighted by molar-refractivity contribution is 5.94. The highest BCUT2D eigenvalue weighted by Crippen LogP contribution is 2.30. The van der Waals surface area contributed by atoms with Crippen LogP contribution in [0, 0.1) is 5.92 Å². The van der Waals surface area contributed by atoms with Gasteiger partial charge in [0.15, 0.2) is 0 Å². The second-order valence-electron chi connectivity index (χ2n) is 6.86. The Morgan fingerprint density at radius 2 is 1.86 bits per heavy atom. The van der Waals surface area contributed by atoms with E-state index < -0.39 is 11.9 Å².